The molecule has 0 aliphatic carbocycles. The third-order valence-corrected chi connectivity index (χ3v) is 2.10. The molecule has 0 aliphatic heterocycles. The second-order valence-corrected chi connectivity index (χ2v) is 3.51. The second-order valence-electron chi connectivity index (χ2n) is 3.51. The Morgan fingerprint density at radius 1 is 0.688 bits per heavy atom. The topological polar surface area (TPSA) is 40.2 Å². The average Bonchev–Trinajstić information content (AvgIpc) is 2.30. The molecule has 0 bridgehead atoms. The van der Waals surface area contributed by atoms with Crippen LogP contribution in [0.2, 0.25) is 0 Å². The van der Waals surface area contributed by atoms with Crippen LogP contribution in [0.3, 0.4) is 0 Å². The SMILES string of the molecule is COCCOCCOCCN(C)CCOC. The lowest BCUT2D eigenvalue weighted by Crippen LogP contribution is -2.27. The van der Waals surface area contributed by atoms with Crippen LogP contribution in [0.4, 0.5) is 0 Å². The summed E-state index contributed by atoms with van der Waals surface area (Å²) in [5.41, 5.74) is 0. The monoisotopic (exact) mass is 235 g/mol. The van der Waals surface area contributed by atoms with Crippen LogP contribution in [0.25, 0.3) is 0 Å². The van der Waals surface area contributed by atoms with E-state index in [4.69, 9.17) is 18.9 Å². The predicted molar refractivity (Wildman–Crippen MR) is 62.9 cm³/mol. The molecule has 0 saturated heterocycles. The van der Waals surface area contributed by atoms with E-state index in [9.17, 15) is 0 Å². The quantitative estimate of drug-likeness (QED) is 0.453. The molecule has 0 aromatic rings. The van der Waals surface area contributed by atoms with Crippen LogP contribution >= 0.6 is 0 Å². The molecule has 0 spiro atoms. The number of nitrogens with zero attached hydrogens (tertiary/aromatic N) is 1. The molecule has 0 saturated carbocycles. The molecule has 0 radical (unpaired) electrons. The smallest absolute Gasteiger partial charge is 0.0701 e. The fourth-order valence-corrected chi connectivity index (χ4v) is 1.04. The summed E-state index contributed by atoms with van der Waals surface area (Å²) in [7, 11) is 5.43. The fraction of sp³-hybridized carbons (Fsp3) is 1.00. The van der Waals surface area contributed by atoms with E-state index in [1.165, 1.54) is 0 Å². The van der Waals surface area contributed by atoms with Crippen molar-refractivity contribution in [2.75, 3.05) is 74.0 Å². The van der Waals surface area contributed by atoms with Gasteiger partial charge in [0.2, 0.25) is 0 Å². The van der Waals surface area contributed by atoms with E-state index >= 15 is 0 Å². The van der Waals surface area contributed by atoms with Gasteiger partial charge in [-0.05, 0) is 7.05 Å². The molecule has 0 aliphatic rings. The van der Waals surface area contributed by atoms with Gasteiger partial charge in [0.15, 0.2) is 0 Å². The maximum absolute atomic E-state index is 5.42. The van der Waals surface area contributed by atoms with Gasteiger partial charge in [0.05, 0.1) is 39.6 Å². The molecule has 0 aromatic heterocycles. The number of methoxy groups -OCH3 is 2. The van der Waals surface area contributed by atoms with Crippen LogP contribution in [0, 0.1) is 0 Å². The summed E-state index contributed by atoms with van der Waals surface area (Å²) in [6.45, 7) is 5.89. The summed E-state index contributed by atoms with van der Waals surface area (Å²) in [6, 6.07) is 0. The van der Waals surface area contributed by atoms with Crippen molar-refractivity contribution in [2.45, 2.75) is 0 Å². The molecule has 0 rings (SSSR count). The lowest BCUT2D eigenvalue weighted by Gasteiger charge is -2.15. The van der Waals surface area contributed by atoms with Crippen molar-refractivity contribution < 1.29 is 18.9 Å². The summed E-state index contributed by atoms with van der Waals surface area (Å²) in [5, 5.41) is 0. The van der Waals surface area contributed by atoms with Gasteiger partial charge in [-0.3, -0.25) is 0 Å². The maximum Gasteiger partial charge on any atom is 0.0701 e. The Morgan fingerprint density at radius 3 is 1.81 bits per heavy atom. The molecule has 0 amide bonds. The largest absolute Gasteiger partial charge is 0.383 e. The van der Waals surface area contributed by atoms with E-state index in [0.29, 0.717) is 26.4 Å². The molecule has 5 nitrogen and oxygen atoms in total. The van der Waals surface area contributed by atoms with Crippen molar-refractivity contribution in [3.8, 4) is 0 Å². The highest BCUT2D eigenvalue weighted by molar-refractivity contribution is 4.48. The molecule has 0 aromatic carbocycles. The Bertz CT molecular complexity index is 135. The molecule has 16 heavy (non-hydrogen) atoms. The fourth-order valence-electron chi connectivity index (χ4n) is 1.04. The second kappa shape index (κ2) is 12.9. The van der Waals surface area contributed by atoms with E-state index in [-0.39, 0.29) is 0 Å². The van der Waals surface area contributed by atoms with Crippen LogP contribution < -0.4 is 0 Å². The van der Waals surface area contributed by atoms with Crippen LogP contribution in [0.5, 0.6) is 0 Å². The van der Waals surface area contributed by atoms with Gasteiger partial charge in [-0.2, -0.15) is 0 Å². The van der Waals surface area contributed by atoms with Crippen molar-refractivity contribution in [2.24, 2.45) is 0 Å². The van der Waals surface area contributed by atoms with Crippen LogP contribution in [0.15, 0.2) is 0 Å². The Labute approximate surface area is 98.6 Å². The Kier molecular flexibility index (Phi) is 12.7. The van der Waals surface area contributed by atoms with Crippen molar-refractivity contribution in [1.29, 1.82) is 0 Å². The van der Waals surface area contributed by atoms with Gasteiger partial charge in [-0.15, -0.1) is 0 Å². The zero-order valence-corrected chi connectivity index (χ0v) is 10.7. The molecule has 5 heteroatoms. The van der Waals surface area contributed by atoms with E-state index in [2.05, 4.69) is 11.9 Å². The first-order valence-electron chi connectivity index (χ1n) is 5.63. The molecule has 0 unspecified atom stereocenters. The summed E-state index contributed by atoms with van der Waals surface area (Å²) in [4.78, 5) is 2.18. The van der Waals surface area contributed by atoms with E-state index in [0.717, 1.165) is 26.3 Å². The number of ether oxygens (including phenoxy) is 4. The van der Waals surface area contributed by atoms with E-state index in [1.807, 2.05) is 0 Å². The number of rotatable bonds is 12. The predicted octanol–water partition coefficient (Wildman–Crippen LogP) is 0.244. The first-order chi connectivity index (χ1) is 7.81. The zero-order valence-electron chi connectivity index (χ0n) is 10.7. The average molecular weight is 235 g/mol. The Hall–Kier alpha value is -0.200. The first-order valence-corrected chi connectivity index (χ1v) is 5.63. The van der Waals surface area contributed by atoms with Gasteiger partial charge in [0.1, 0.15) is 0 Å². The molecule has 0 fully saturated rings. The number of hydrogen-bond donors (Lipinski definition) is 0. The molecular formula is C11H25NO4. The van der Waals surface area contributed by atoms with Gasteiger partial charge in [-0.25, -0.2) is 0 Å². The van der Waals surface area contributed by atoms with Crippen molar-refractivity contribution in [3.05, 3.63) is 0 Å². The minimum atomic E-state index is 0.630. The Morgan fingerprint density at radius 2 is 1.19 bits per heavy atom. The zero-order chi connectivity index (χ0) is 12.1. The highest BCUT2D eigenvalue weighted by atomic mass is 16.5. The third kappa shape index (κ3) is 11.9. The molecule has 98 valence electrons. The first kappa shape index (κ1) is 15.8. The lowest BCUT2D eigenvalue weighted by atomic mass is 10.5. The molecule has 0 atom stereocenters. The number of hydrogen-bond acceptors (Lipinski definition) is 5. The van der Waals surface area contributed by atoms with Crippen LogP contribution in [0.1, 0.15) is 0 Å². The standard InChI is InChI=1S/C11H25NO4/c1-12(4-6-13-2)5-7-15-10-11-16-9-8-14-3/h4-11H2,1-3H3. The van der Waals surface area contributed by atoms with Crippen molar-refractivity contribution in [1.82, 2.24) is 4.90 Å². The molecule has 0 heterocycles. The summed E-state index contributed by atoms with van der Waals surface area (Å²) >= 11 is 0. The van der Waals surface area contributed by atoms with Gasteiger partial charge < -0.3 is 23.8 Å². The summed E-state index contributed by atoms with van der Waals surface area (Å²) in [6.07, 6.45) is 0. The van der Waals surface area contributed by atoms with Crippen molar-refractivity contribution >= 4 is 0 Å². The highest BCUT2D eigenvalue weighted by Gasteiger charge is 1.97. The Balaban J connectivity index is 3.02. The van der Waals surface area contributed by atoms with Gasteiger partial charge in [0.25, 0.3) is 0 Å². The summed E-state index contributed by atoms with van der Waals surface area (Å²) in [5.74, 6) is 0. The summed E-state index contributed by atoms with van der Waals surface area (Å²) < 4.78 is 20.5. The van der Waals surface area contributed by atoms with E-state index < -0.39 is 0 Å². The van der Waals surface area contributed by atoms with Crippen LogP contribution in [-0.4, -0.2) is 78.9 Å². The minimum absolute atomic E-state index is 0.630. The number of likely N-dealkylation sites (N-methyl/N-ethyl adjacent to an activating group) is 1. The van der Waals surface area contributed by atoms with Gasteiger partial charge in [-0.1, -0.05) is 0 Å². The van der Waals surface area contributed by atoms with Crippen LogP contribution in [-0.2, 0) is 18.9 Å². The third-order valence-electron chi connectivity index (χ3n) is 2.10. The van der Waals surface area contributed by atoms with Crippen molar-refractivity contribution in [3.63, 3.8) is 0 Å². The highest BCUT2D eigenvalue weighted by Crippen LogP contribution is 1.85. The lowest BCUT2D eigenvalue weighted by molar-refractivity contribution is 0.0197. The van der Waals surface area contributed by atoms with Gasteiger partial charge in [0, 0.05) is 27.3 Å². The molecular weight excluding hydrogens is 210 g/mol. The minimum Gasteiger partial charge on any atom is -0.383 e. The molecule has 0 N–H and O–H groups in total. The maximum atomic E-state index is 5.42. The van der Waals surface area contributed by atoms with Gasteiger partial charge >= 0.3 is 0 Å². The normalized spacial score (nSPS) is 11.2. The van der Waals surface area contributed by atoms with E-state index in [1.54, 1.807) is 14.2 Å².